The Morgan fingerprint density at radius 1 is 0.939 bits per heavy atom. The van der Waals surface area contributed by atoms with Crippen molar-refractivity contribution in [1.29, 1.82) is 0 Å². The molecule has 6 heteroatoms. The Morgan fingerprint density at radius 2 is 1.70 bits per heavy atom. The van der Waals surface area contributed by atoms with E-state index in [1.165, 1.54) is 16.7 Å². The van der Waals surface area contributed by atoms with Crippen molar-refractivity contribution in [3.05, 3.63) is 95.4 Å². The second-order valence-corrected chi connectivity index (χ2v) is 8.53. The van der Waals surface area contributed by atoms with Gasteiger partial charge in [0.2, 0.25) is 0 Å². The molecule has 0 saturated carbocycles. The van der Waals surface area contributed by atoms with Crippen LogP contribution in [-0.2, 0) is 25.9 Å². The minimum atomic E-state index is -0.200. The van der Waals surface area contributed by atoms with Crippen LogP contribution < -0.4 is 10.6 Å². The number of hydrogen-bond acceptors (Lipinski definition) is 4. The first-order valence-electron chi connectivity index (χ1n) is 11.8. The van der Waals surface area contributed by atoms with Crippen molar-refractivity contribution in [3.8, 4) is 0 Å². The first-order valence-corrected chi connectivity index (χ1v) is 11.8. The zero-order chi connectivity index (χ0) is 22.7. The van der Waals surface area contributed by atoms with Gasteiger partial charge in [-0.15, -0.1) is 0 Å². The summed E-state index contributed by atoms with van der Waals surface area (Å²) in [6.07, 6.45) is 4.11. The maximum absolute atomic E-state index is 9.85. The first kappa shape index (κ1) is 23.1. The number of likely N-dealkylation sites (tertiary alicyclic amines) is 1. The normalized spacial score (nSPS) is 16.8. The molecule has 3 N–H and O–H groups in total. The fraction of sp³-hybridized carbons (Fsp3) is 0.370. The van der Waals surface area contributed by atoms with Crippen LogP contribution in [-0.4, -0.2) is 48.2 Å². The van der Waals surface area contributed by atoms with Crippen molar-refractivity contribution in [3.63, 3.8) is 0 Å². The van der Waals surface area contributed by atoms with Crippen LogP contribution in [0.1, 0.15) is 28.9 Å². The lowest BCUT2D eigenvalue weighted by Gasteiger charge is -2.17. The number of aliphatic hydroxyl groups is 1. The summed E-state index contributed by atoms with van der Waals surface area (Å²) >= 11 is 0. The number of aliphatic hydroxyl groups excluding tert-OH is 1. The molecule has 0 aliphatic carbocycles. The Kier molecular flexibility index (Phi) is 8.55. The molecule has 1 aromatic heterocycles. The summed E-state index contributed by atoms with van der Waals surface area (Å²) in [5.41, 5.74) is 3.79. The number of furan rings is 1. The molecule has 3 aromatic rings. The van der Waals surface area contributed by atoms with E-state index in [1.54, 1.807) is 6.26 Å². The summed E-state index contributed by atoms with van der Waals surface area (Å²) in [6, 6.07) is 22.9. The Labute approximate surface area is 196 Å². The van der Waals surface area contributed by atoms with Crippen molar-refractivity contribution in [1.82, 2.24) is 15.5 Å². The SMILES string of the molecule is OC1CCN(Cc2ccccc2CN=C(NCCc2ccccc2)NCCc2ccco2)C1. The highest BCUT2D eigenvalue weighted by atomic mass is 16.3. The lowest BCUT2D eigenvalue weighted by atomic mass is 10.1. The third-order valence-corrected chi connectivity index (χ3v) is 5.96. The zero-order valence-electron chi connectivity index (χ0n) is 19.1. The Morgan fingerprint density at radius 3 is 2.42 bits per heavy atom. The van der Waals surface area contributed by atoms with Crippen LogP contribution in [0.5, 0.6) is 0 Å². The largest absolute Gasteiger partial charge is 0.469 e. The molecule has 1 saturated heterocycles. The van der Waals surface area contributed by atoms with E-state index in [2.05, 4.69) is 64.1 Å². The van der Waals surface area contributed by atoms with Crippen molar-refractivity contribution >= 4 is 5.96 Å². The second-order valence-electron chi connectivity index (χ2n) is 8.53. The summed E-state index contributed by atoms with van der Waals surface area (Å²) in [5, 5.41) is 16.8. The molecule has 0 spiro atoms. The van der Waals surface area contributed by atoms with E-state index >= 15 is 0 Å². The third-order valence-electron chi connectivity index (χ3n) is 5.96. The molecule has 174 valence electrons. The van der Waals surface area contributed by atoms with Gasteiger partial charge in [0.05, 0.1) is 18.9 Å². The highest BCUT2D eigenvalue weighted by Gasteiger charge is 2.20. The number of aliphatic imine (C=N–C) groups is 1. The fourth-order valence-corrected chi connectivity index (χ4v) is 4.13. The number of rotatable bonds is 10. The van der Waals surface area contributed by atoms with E-state index in [0.29, 0.717) is 6.54 Å². The summed E-state index contributed by atoms with van der Waals surface area (Å²) in [4.78, 5) is 7.20. The van der Waals surface area contributed by atoms with Gasteiger partial charge in [-0.2, -0.15) is 0 Å². The second kappa shape index (κ2) is 12.2. The molecule has 6 nitrogen and oxygen atoms in total. The van der Waals surface area contributed by atoms with Gasteiger partial charge >= 0.3 is 0 Å². The van der Waals surface area contributed by atoms with E-state index in [9.17, 15) is 5.11 Å². The molecule has 1 atom stereocenters. The van der Waals surface area contributed by atoms with E-state index in [0.717, 1.165) is 63.7 Å². The Bertz CT molecular complexity index is 988. The monoisotopic (exact) mass is 446 g/mol. The van der Waals surface area contributed by atoms with Gasteiger partial charge in [-0.25, -0.2) is 4.99 Å². The van der Waals surface area contributed by atoms with Crippen LogP contribution in [0.15, 0.2) is 82.4 Å². The van der Waals surface area contributed by atoms with Crippen molar-refractivity contribution in [2.75, 3.05) is 26.2 Å². The molecule has 2 heterocycles. The Balaban J connectivity index is 1.37. The lowest BCUT2D eigenvalue weighted by Crippen LogP contribution is -2.39. The average molecular weight is 447 g/mol. The van der Waals surface area contributed by atoms with Crippen LogP contribution in [0.2, 0.25) is 0 Å². The lowest BCUT2D eigenvalue weighted by molar-refractivity contribution is 0.174. The van der Waals surface area contributed by atoms with E-state index in [1.807, 2.05) is 18.2 Å². The topological polar surface area (TPSA) is 73.0 Å². The van der Waals surface area contributed by atoms with Crippen molar-refractivity contribution < 1.29 is 9.52 Å². The molecule has 1 aliphatic heterocycles. The fourth-order valence-electron chi connectivity index (χ4n) is 4.13. The highest BCUT2D eigenvalue weighted by molar-refractivity contribution is 5.79. The first-order chi connectivity index (χ1) is 16.3. The molecular weight excluding hydrogens is 412 g/mol. The number of β-amino-alcohol motifs (C(OH)–C–C–N with tert-alkyl or cyclic N) is 1. The molecule has 1 aliphatic rings. The minimum Gasteiger partial charge on any atom is -0.469 e. The number of nitrogens with zero attached hydrogens (tertiary/aromatic N) is 2. The van der Waals surface area contributed by atoms with Gasteiger partial charge in [-0.3, -0.25) is 4.90 Å². The summed E-state index contributed by atoms with van der Waals surface area (Å²) in [7, 11) is 0. The van der Waals surface area contributed by atoms with Gasteiger partial charge < -0.3 is 20.2 Å². The maximum atomic E-state index is 9.85. The van der Waals surface area contributed by atoms with Gasteiger partial charge in [-0.05, 0) is 41.7 Å². The number of hydrogen-bond donors (Lipinski definition) is 3. The molecule has 0 bridgehead atoms. The molecule has 0 amide bonds. The predicted octanol–water partition coefficient (Wildman–Crippen LogP) is 3.37. The van der Waals surface area contributed by atoms with Crippen LogP contribution in [0.4, 0.5) is 0 Å². The number of guanidine groups is 1. The van der Waals surface area contributed by atoms with Crippen LogP contribution in [0.3, 0.4) is 0 Å². The van der Waals surface area contributed by atoms with Crippen LogP contribution in [0.25, 0.3) is 0 Å². The maximum Gasteiger partial charge on any atom is 0.191 e. The number of benzene rings is 2. The summed E-state index contributed by atoms with van der Waals surface area (Å²) in [6.45, 7) is 4.71. The molecule has 1 fully saturated rings. The highest BCUT2D eigenvalue weighted by Crippen LogP contribution is 2.17. The summed E-state index contributed by atoms with van der Waals surface area (Å²) < 4.78 is 5.45. The van der Waals surface area contributed by atoms with Crippen molar-refractivity contribution in [2.45, 2.75) is 38.5 Å². The van der Waals surface area contributed by atoms with Crippen LogP contribution in [0, 0.1) is 0 Å². The van der Waals surface area contributed by atoms with Crippen molar-refractivity contribution in [2.24, 2.45) is 4.99 Å². The average Bonchev–Trinajstić information content (AvgIpc) is 3.50. The van der Waals surface area contributed by atoms with Gasteiger partial charge in [0.25, 0.3) is 0 Å². The van der Waals surface area contributed by atoms with Gasteiger partial charge in [0, 0.05) is 39.1 Å². The molecular formula is C27H34N4O2. The molecule has 33 heavy (non-hydrogen) atoms. The Hall–Kier alpha value is -3.09. The zero-order valence-corrected chi connectivity index (χ0v) is 19.1. The summed E-state index contributed by atoms with van der Waals surface area (Å²) in [5.74, 6) is 1.77. The predicted molar refractivity (Wildman–Crippen MR) is 132 cm³/mol. The van der Waals surface area contributed by atoms with E-state index in [4.69, 9.17) is 9.41 Å². The smallest absolute Gasteiger partial charge is 0.191 e. The molecule has 1 unspecified atom stereocenters. The van der Waals surface area contributed by atoms with E-state index < -0.39 is 0 Å². The van der Waals surface area contributed by atoms with Gasteiger partial charge in [-0.1, -0.05) is 54.6 Å². The molecule has 0 radical (unpaired) electrons. The molecule has 2 aromatic carbocycles. The third kappa shape index (κ3) is 7.48. The van der Waals surface area contributed by atoms with Crippen LogP contribution >= 0.6 is 0 Å². The van der Waals surface area contributed by atoms with E-state index in [-0.39, 0.29) is 6.10 Å². The molecule has 4 rings (SSSR count). The van der Waals surface area contributed by atoms with Gasteiger partial charge in [0.1, 0.15) is 5.76 Å². The van der Waals surface area contributed by atoms with Gasteiger partial charge in [0.15, 0.2) is 5.96 Å². The number of nitrogens with one attached hydrogen (secondary N) is 2. The minimum absolute atomic E-state index is 0.200. The standard InChI is InChI=1S/C27H34N4O2/c32-25-14-17-31(21-25)20-24-10-5-4-9-23(24)19-30-27(29-16-13-26-11-6-18-33-26)28-15-12-22-7-2-1-3-8-22/h1-11,18,25,32H,12-17,19-21H2,(H2,28,29,30). The quantitative estimate of drug-likeness (QED) is 0.329.